The van der Waals surface area contributed by atoms with Crippen molar-refractivity contribution in [2.45, 2.75) is 69.4 Å². The number of carbonyl (C=O) groups is 2. The van der Waals surface area contributed by atoms with Gasteiger partial charge in [0.1, 0.15) is 5.60 Å². The molecule has 2 amide bonds. The molecule has 4 heterocycles. The van der Waals surface area contributed by atoms with Gasteiger partial charge < -0.3 is 20.3 Å². The highest BCUT2D eigenvalue weighted by atomic mass is 35.5. The molecule has 0 radical (unpaired) electrons. The first kappa shape index (κ1) is 21.0. The Kier molecular flexibility index (Phi) is 4.60. The second-order valence-corrected chi connectivity index (χ2v) is 11.2. The van der Waals surface area contributed by atoms with Crippen LogP contribution < -0.4 is 15.5 Å². The van der Waals surface area contributed by atoms with Gasteiger partial charge in [-0.05, 0) is 64.8 Å². The van der Waals surface area contributed by atoms with E-state index in [4.69, 9.17) is 16.3 Å². The number of nitrogens with one attached hydrogen (secondary N) is 2. The summed E-state index contributed by atoms with van der Waals surface area (Å²) in [6, 6.07) is 7.27. The van der Waals surface area contributed by atoms with Crippen LogP contribution in [0.25, 0.3) is 0 Å². The van der Waals surface area contributed by atoms with Gasteiger partial charge in [0.25, 0.3) is 0 Å². The molecule has 2 bridgehead atoms. The summed E-state index contributed by atoms with van der Waals surface area (Å²) in [5.41, 5.74) is -0.0865. The van der Waals surface area contributed by atoms with E-state index < -0.39 is 17.4 Å². The largest absolute Gasteiger partial charge is 0.360 e. The molecule has 4 atom stereocenters. The Hall–Kier alpha value is -1.89. The third-order valence-corrected chi connectivity index (χ3v) is 7.33. The molecule has 0 unspecified atom stereocenters. The molecule has 4 aliphatic heterocycles. The minimum atomic E-state index is -0.726. The molecule has 0 aliphatic carbocycles. The summed E-state index contributed by atoms with van der Waals surface area (Å²) in [6.07, 6.45) is 5.28. The molecule has 1 aromatic carbocycles. The van der Waals surface area contributed by atoms with E-state index in [9.17, 15) is 9.59 Å². The first-order valence-electron chi connectivity index (χ1n) is 11.0. The Morgan fingerprint density at radius 1 is 1.16 bits per heavy atom. The van der Waals surface area contributed by atoms with Crippen molar-refractivity contribution in [3.63, 3.8) is 0 Å². The highest BCUT2D eigenvalue weighted by Gasteiger charge is 2.67. The predicted octanol–water partition coefficient (Wildman–Crippen LogP) is 3.05. The van der Waals surface area contributed by atoms with Crippen molar-refractivity contribution < 1.29 is 14.3 Å². The van der Waals surface area contributed by atoms with E-state index in [1.807, 2.05) is 24.3 Å². The summed E-state index contributed by atoms with van der Waals surface area (Å²) in [5.74, 6) is -1.14. The first-order chi connectivity index (χ1) is 14.5. The quantitative estimate of drug-likeness (QED) is 0.704. The van der Waals surface area contributed by atoms with Crippen molar-refractivity contribution in [1.82, 2.24) is 10.6 Å². The lowest BCUT2D eigenvalue weighted by molar-refractivity contribution is -0.132. The SMILES string of the molecule is CC1(C)CC(NC(=O)[C@@H]2[C@H]3C=C[C@@]4(CN(c5ccc(Cl)cc5)C(=O)[C@@H]24)O3)CC(C)(C)N1. The van der Waals surface area contributed by atoms with Crippen molar-refractivity contribution in [3.05, 3.63) is 41.4 Å². The van der Waals surface area contributed by atoms with E-state index in [1.165, 1.54) is 0 Å². The molecule has 31 heavy (non-hydrogen) atoms. The molecule has 5 rings (SSSR count). The molecule has 4 aliphatic rings. The molecule has 1 spiro atoms. The van der Waals surface area contributed by atoms with E-state index in [-0.39, 0.29) is 35.0 Å². The molecular weight excluding hydrogens is 414 g/mol. The van der Waals surface area contributed by atoms with E-state index >= 15 is 0 Å². The van der Waals surface area contributed by atoms with Crippen molar-refractivity contribution in [1.29, 1.82) is 0 Å². The highest BCUT2D eigenvalue weighted by molar-refractivity contribution is 6.30. The summed E-state index contributed by atoms with van der Waals surface area (Å²) in [4.78, 5) is 28.6. The molecule has 0 aromatic heterocycles. The Morgan fingerprint density at radius 3 is 2.45 bits per heavy atom. The Bertz CT molecular complexity index is 941. The lowest BCUT2D eigenvalue weighted by atomic mass is 9.75. The molecule has 0 saturated carbocycles. The first-order valence-corrected chi connectivity index (χ1v) is 11.4. The lowest BCUT2D eigenvalue weighted by Gasteiger charge is -2.47. The molecule has 3 saturated heterocycles. The van der Waals surface area contributed by atoms with Gasteiger partial charge in [-0.25, -0.2) is 0 Å². The van der Waals surface area contributed by atoms with Crippen molar-refractivity contribution in [3.8, 4) is 0 Å². The molecule has 7 heteroatoms. The fraction of sp³-hybridized carbons (Fsp3) is 0.583. The zero-order valence-corrected chi connectivity index (χ0v) is 19.2. The van der Waals surface area contributed by atoms with Crippen LogP contribution in [0.15, 0.2) is 36.4 Å². The van der Waals surface area contributed by atoms with Gasteiger partial charge in [0, 0.05) is 27.8 Å². The maximum absolute atomic E-state index is 13.5. The number of benzene rings is 1. The summed E-state index contributed by atoms with van der Waals surface area (Å²) in [6.45, 7) is 9.07. The van der Waals surface area contributed by atoms with E-state index in [1.54, 1.807) is 17.0 Å². The second kappa shape index (κ2) is 6.80. The average molecular weight is 444 g/mol. The minimum absolute atomic E-state index is 0.0553. The van der Waals surface area contributed by atoms with Gasteiger partial charge in [0.15, 0.2) is 0 Å². The van der Waals surface area contributed by atoms with Crippen molar-refractivity contribution >= 4 is 29.1 Å². The number of fused-ring (bicyclic) bond motifs is 1. The minimum Gasteiger partial charge on any atom is -0.360 e. The maximum Gasteiger partial charge on any atom is 0.234 e. The fourth-order valence-corrected chi connectivity index (χ4v) is 6.48. The Labute approximate surface area is 188 Å². The van der Waals surface area contributed by atoms with Gasteiger partial charge in [0.2, 0.25) is 11.8 Å². The van der Waals surface area contributed by atoms with Crippen molar-refractivity contribution in [2.75, 3.05) is 11.4 Å². The topological polar surface area (TPSA) is 70.7 Å². The molecule has 3 fully saturated rings. The predicted molar refractivity (Wildman–Crippen MR) is 120 cm³/mol. The van der Waals surface area contributed by atoms with Gasteiger partial charge in [-0.2, -0.15) is 0 Å². The smallest absolute Gasteiger partial charge is 0.234 e. The number of hydrogen-bond donors (Lipinski definition) is 2. The third kappa shape index (κ3) is 3.49. The number of piperidine rings is 1. The van der Waals surface area contributed by atoms with Gasteiger partial charge in [-0.15, -0.1) is 0 Å². The lowest BCUT2D eigenvalue weighted by Crippen LogP contribution is -2.62. The summed E-state index contributed by atoms with van der Waals surface area (Å²) in [7, 11) is 0. The maximum atomic E-state index is 13.5. The van der Waals surface area contributed by atoms with Gasteiger partial charge >= 0.3 is 0 Å². The third-order valence-electron chi connectivity index (χ3n) is 7.08. The summed E-state index contributed by atoms with van der Waals surface area (Å²) in [5, 5.41) is 7.53. The van der Waals surface area contributed by atoms with Crippen LogP contribution in [0.1, 0.15) is 40.5 Å². The van der Waals surface area contributed by atoms with Gasteiger partial charge in [-0.3, -0.25) is 9.59 Å². The van der Waals surface area contributed by atoms with Crippen LogP contribution in [-0.4, -0.2) is 47.2 Å². The molecule has 166 valence electrons. The number of hydrogen-bond acceptors (Lipinski definition) is 4. The number of ether oxygens (including phenoxy) is 1. The van der Waals surface area contributed by atoms with Crippen LogP contribution >= 0.6 is 11.6 Å². The number of nitrogens with zero attached hydrogens (tertiary/aromatic N) is 1. The number of amides is 2. The summed E-state index contributed by atoms with van der Waals surface area (Å²) >= 11 is 6.01. The van der Waals surface area contributed by atoms with Crippen LogP contribution in [0.4, 0.5) is 5.69 Å². The Morgan fingerprint density at radius 2 is 1.81 bits per heavy atom. The summed E-state index contributed by atoms with van der Waals surface area (Å²) < 4.78 is 6.26. The zero-order chi connectivity index (χ0) is 22.2. The van der Waals surface area contributed by atoms with E-state index in [0.717, 1.165) is 18.5 Å². The zero-order valence-electron chi connectivity index (χ0n) is 18.4. The van der Waals surface area contributed by atoms with Crippen LogP contribution in [0.5, 0.6) is 0 Å². The van der Waals surface area contributed by atoms with E-state index in [0.29, 0.717) is 11.6 Å². The molecule has 2 N–H and O–H groups in total. The highest BCUT2D eigenvalue weighted by Crippen LogP contribution is 2.52. The fourth-order valence-electron chi connectivity index (χ4n) is 6.36. The number of carbonyl (C=O) groups excluding carboxylic acids is 2. The normalized spacial score (nSPS) is 35.5. The molecule has 1 aromatic rings. The molecular formula is C24H30ClN3O3. The monoisotopic (exact) mass is 443 g/mol. The van der Waals surface area contributed by atoms with Crippen LogP contribution in [0, 0.1) is 11.8 Å². The van der Waals surface area contributed by atoms with Crippen molar-refractivity contribution in [2.24, 2.45) is 11.8 Å². The number of halogens is 1. The van der Waals surface area contributed by atoms with Gasteiger partial charge in [0.05, 0.1) is 24.5 Å². The van der Waals surface area contributed by atoms with Crippen LogP contribution in [0.2, 0.25) is 5.02 Å². The standard InChI is InChI=1S/C24H30ClN3O3/c1-22(2)11-15(12-23(3,4)27-22)26-20(29)18-17-9-10-24(31-17)13-28(21(30)19(18)24)16-7-5-14(25)6-8-16/h5-10,15,17-19,27H,11-13H2,1-4H3,(H,26,29)/t17-,18-,19-,24+/m1/s1. The van der Waals surface area contributed by atoms with E-state index in [2.05, 4.69) is 38.3 Å². The number of anilines is 1. The van der Waals surface area contributed by atoms with Crippen LogP contribution in [0.3, 0.4) is 0 Å². The number of rotatable bonds is 3. The van der Waals surface area contributed by atoms with Crippen LogP contribution in [-0.2, 0) is 14.3 Å². The van der Waals surface area contributed by atoms with Gasteiger partial charge in [-0.1, -0.05) is 23.8 Å². The molecule has 6 nitrogen and oxygen atoms in total. The average Bonchev–Trinajstić information content (AvgIpc) is 3.28. The Balaban J connectivity index is 1.37. The second-order valence-electron chi connectivity index (χ2n) is 10.8.